The lowest BCUT2D eigenvalue weighted by atomic mass is 9.90. The Labute approximate surface area is 171 Å². The smallest absolute Gasteiger partial charge is 0.220 e. The molecule has 5 atom stereocenters. The van der Waals surface area contributed by atoms with Crippen LogP contribution in [0, 0.1) is 17.8 Å². The van der Waals surface area contributed by atoms with Gasteiger partial charge in [-0.25, -0.2) is 0 Å². The molecule has 0 heterocycles. The van der Waals surface area contributed by atoms with Crippen LogP contribution in [0.25, 0.3) is 0 Å². The summed E-state index contributed by atoms with van der Waals surface area (Å²) in [5, 5.41) is 23.5. The Balaban J connectivity index is 1.76. The second kappa shape index (κ2) is 12.4. The summed E-state index contributed by atoms with van der Waals surface area (Å²) < 4.78 is 0. The third-order valence-corrected chi connectivity index (χ3v) is 6.38. The van der Waals surface area contributed by atoms with Gasteiger partial charge >= 0.3 is 0 Å². The molecule has 4 nitrogen and oxygen atoms in total. The summed E-state index contributed by atoms with van der Waals surface area (Å²) in [7, 11) is 0. The van der Waals surface area contributed by atoms with Gasteiger partial charge in [-0.15, -0.1) is 0 Å². The van der Waals surface area contributed by atoms with Crippen molar-refractivity contribution in [1.29, 1.82) is 0 Å². The number of rotatable bonds is 12. The number of aliphatic hydroxyl groups is 2. The summed E-state index contributed by atoms with van der Waals surface area (Å²) in [4.78, 5) is 11.7. The van der Waals surface area contributed by atoms with Crippen LogP contribution < -0.4 is 5.32 Å². The van der Waals surface area contributed by atoms with E-state index in [-0.39, 0.29) is 24.0 Å². The molecule has 2 fully saturated rings. The number of aliphatic hydroxyl groups excluding tert-OH is 2. The largest absolute Gasteiger partial charge is 0.392 e. The molecule has 3 N–H and O–H groups in total. The first-order chi connectivity index (χ1) is 13.5. The van der Waals surface area contributed by atoms with Gasteiger partial charge in [-0.2, -0.15) is 0 Å². The normalized spacial score (nSPS) is 29.5. The van der Waals surface area contributed by atoms with Gasteiger partial charge in [0.05, 0.1) is 12.2 Å². The number of allylic oxidation sites excluding steroid dienone is 2. The Morgan fingerprint density at radius 3 is 2.79 bits per heavy atom. The molecular weight excluding hydrogens is 350 g/mol. The Morgan fingerprint density at radius 1 is 1.21 bits per heavy atom. The van der Waals surface area contributed by atoms with E-state index in [1.165, 1.54) is 12.0 Å². The number of fused-ring (bicyclic) bond motifs is 1. The summed E-state index contributed by atoms with van der Waals surface area (Å²) in [6.45, 7) is 5.01. The second-order valence-electron chi connectivity index (χ2n) is 8.77. The van der Waals surface area contributed by atoms with Crippen LogP contribution in [-0.2, 0) is 4.79 Å². The van der Waals surface area contributed by atoms with Crippen molar-refractivity contribution in [2.75, 3.05) is 6.54 Å². The molecule has 0 spiro atoms. The molecule has 160 valence electrons. The molecule has 0 bridgehead atoms. The molecular formula is C24H41NO3. The van der Waals surface area contributed by atoms with Crippen LogP contribution in [0.3, 0.4) is 0 Å². The summed E-state index contributed by atoms with van der Waals surface area (Å²) in [5.41, 5.74) is 1.50. The van der Waals surface area contributed by atoms with E-state index in [4.69, 9.17) is 0 Å². The molecule has 0 radical (unpaired) electrons. The minimum atomic E-state index is -0.381. The molecule has 2 saturated carbocycles. The maximum absolute atomic E-state index is 11.7. The SMILES string of the molecule is CCCCC[C@H](O)/C=C/[C@@H]1[C@H]2C/C(=C/CCCC(=O)NCCC)C[C@H]2C[C@H]1O. The fourth-order valence-corrected chi connectivity index (χ4v) is 4.82. The minimum absolute atomic E-state index is 0.161. The number of amides is 1. The van der Waals surface area contributed by atoms with Gasteiger partial charge in [0, 0.05) is 18.9 Å². The van der Waals surface area contributed by atoms with E-state index < -0.39 is 0 Å². The number of nitrogens with one attached hydrogen (secondary N) is 1. The quantitative estimate of drug-likeness (QED) is 0.338. The van der Waals surface area contributed by atoms with Crippen LogP contribution in [0.4, 0.5) is 0 Å². The zero-order valence-corrected chi connectivity index (χ0v) is 17.9. The molecule has 2 aliphatic rings. The van der Waals surface area contributed by atoms with Crippen LogP contribution in [0.15, 0.2) is 23.8 Å². The van der Waals surface area contributed by atoms with E-state index in [9.17, 15) is 15.0 Å². The van der Waals surface area contributed by atoms with Crippen LogP contribution >= 0.6 is 0 Å². The molecule has 0 aromatic carbocycles. The van der Waals surface area contributed by atoms with Crippen molar-refractivity contribution in [3.63, 3.8) is 0 Å². The maximum atomic E-state index is 11.7. The van der Waals surface area contributed by atoms with Crippen LogP contribution in [0.5, 0.6) is 0 Å². The van der Waals surface area contributed by atoms with Crippen molar-refractivity contribution in [2.24, 2.45) is 17.8 Å². The molecule has 4 heteroatoms. The van der Waals surface area contributed by atoms with E-state index in [0.717, 1.165) is 64.3 Å². The highest BCUT2D eigenvalue weighted by atomic mass is 16.3. The average Bonchev–Trinajstić information content (AvgIpc) is 3.18. The van der Waals surface area contributed by atoms with Crippen molar-refractivity contribution in [3.8, 4) is 0 Å². The molecule has 0 aliphatic heterocycles. The van der Waals surface area contributed by atoms with Crippen molar-refractivity contribution in [1.82, 2.24) is 5.32 Å². The van der Waals surface area contributed by atoms with Crippen molar-refractivity contribution < 1.29 is 15.0 Å². The fourth-order valence-electron chi connectivity index (χ4n) is 4.82. The molecule has 0 aromatic rings. The first-order valence-corrected chi connectivity index (χ1v) is 11.5. The zero-order chi connectivity index (χ0) is 20.4. The van der Waals surface area contributed by atoms with Gasteiger partial charge in [-0.05, 0) is 56.8 Å². The van der Waals surface area contributed by atoms with Gasteiger partial charge < -0.3 is 15.5 Å². The Kier molecular flexibility index (Phi) is 10.3. The van der Waals surface area contributed by atoms with Gasteiger partial charge in [0.15, 0.2) is 0 Å². The van der Waals surface area contributed by atoms with Crippen molar-refractivity contribution >= 4 is 5.91 Å². The van der Waals surface area contributed by atoms with Crippen LogP contribution in [-0.4, -0.2) is 34.9 Å². The van der Waals surface area contributed by atoms with Crippen LogP contribution in [0.2, 0.25) is 0 Å². The third-order valence-electron chi connectivity index (χ3n) is 6.38. The highest BCUT2D eigenvalue weighted by molar-refractivity contribution is 5.75. The van der Waals surface area contributed by atoms with E-state index in [0.29, 0.717) is 18.3 Å². The predicted octanol–water partition coefficient (Wildman–Crippen LogP) is 4.51. The summed E-state index contributed by atoms with van der Waals surface area (Å²) in [5.74, 6) is 1.42. The molecule has 2 rings (SSSR count). The topological polar surface area (TPSA) is 69.6 Å². The maximum Gasteiger partial charge on any atom is 0.220 e. The first-order valence-electron chi connectivity index (χ1n) is 11.5. The number of unbranched alkanes of at least 4 members (excludes halogenated alkanes) is 3. The lowest BCUT2D eigenvalue weighted by molar-refractivity contribution is -0.121. The summed E-state index contributed by atoms with van der Waals surface area (Å²) >= 11 is 0. The molecule has 2 aliphatic carbocycles. The van der Waals surface area contributed by atoms with Gasteiger partial charge in [0.25, 0.3) is 0 Å². The van der Waals surface area contributed by atoms with Gasteiger partial charge in [0.2, 0.25) is 5.91 Å². The monoisotopic (exact) mass is 391 g/mol. The summed E-state index contributed by atoms with van der Waals surface area (Å²) in [6, 6.07) is 0. The van der Waals surface area contributed by atoms with E-state index in [1.807, 2.05) is 6.08 Å². The number of hydrogen-bond acceptors (Lipinski definition) is 3. The highest BCUT2D eigenvalue weighted by Crippen LogP contribution is 2.50. The molecule has 1 amide bonds. The number of carbonyl (C=O) groups is 1. The molecule has 28 heavy (non-hydrogen) atoms. The summed E-state index contributed by atoms with van der Waals surface area (Å²) in [6.07, 6.45) is 16.4. The zero-order valence-electron chi connectivity index (χ0n) is 17.9. The standard InChI is InChI=1S/C24H41NO3/c1-3-5-6-10-20(26)12-13-21-22-16-18(15-19(22)17-23(21)27)9-7-8-11-24(28)25-14-4-2/h9,12-13,19-23,26-27H,3-8,10-11,14-17H2,1-2H3,(H,25,28)/b13-12+,18-9+/t19-,20-,21+,22-,23+/m0/s1. The first kappa shape index (κ1) is 23.2. The van der Waals surface area contributed by atoms with Crippen molar-refractivity contribution in [2.45, 2.75) is 96.7 Å². The fraction of sp³-hybridized carbons (Fsp3) is 0.792. The highest BCUT2D eigenvalue weighted by Gasteiger charge is 2.44. The van der Waals surface area contributed by atoms with E-state index in [2.05, 4.69) is 31.3 Å². The Morgan fingerprint density at radius 2 is 2.04 bits per heavy atom. The van der Waals surface area contributed by atoms with Gasteiger partial charge in [0.1, 0.15) is 0 Å². The number of carbonyl (C=O) groups excluding carboxylic acids is 1. The predicted molar refractivity (Wildman–Crippen MR) is 115 cm³/mol. The van der Waals surface area contributed by atoms with E-state index in [1.54, 1.807) is 0 Å². The third kappa shape index (κ3) is 7.36. The van der Waals surface area contributed by atoms with Gasteiger partial charge in [-0.1, -0.05) is 56.9 Å². The Bertz CT molecular complexity index is 528. The molecule has 0 aromatic heterocycles. The second-order valence-corrected chi connectivity index (χ2v) is 8.77. The number of hydrogen-bond donors (Lipinski definition) is 3. The average molecular weight is 392 g/mol. The lowest BCUT2D eigenvalue weighted by Crippen LogP contribution is -2.23. The van der Waals surface area contributed by atoms with Crippen LogP contribution in [0.1, 0.15) is 84.5 Å². The van der Waals surface area contributed by atoms with E-state index >= 15 is 0 Å². The van der Waals surface area contributed by atoms with Crippen molar-refractivity contribution in [3.05, 3.63) is 23.8 Å². The van der Waals surface area contributed by atoms with Gasteiger partial charge in [-0.3, -0.25) is 4.79 Å². The molecule has 0 saturated heterocycles. The molecule has 0 unspecified atom stereocenters. The minimum Gasteiger partial charge on any atom is -0.392 e. The Hall–Kier alpha value is -1.13. The lowest BCUT2D eigenvalue weighted by Gasteiger charge is -2.17.